The summed E-state index contributed by atoms with van der Waals surface area (Å²) in [5, 5.41) is 0.764. The first-order chi connectivity index (χ1) is 11.5. The van der Waals surface area contributed by atoms with E-state index in [2.05, 4.69) is 4.99 Å². The number of nitrogens with zero attached hydrogens (tertiary/aromatic N) is 2. The summed E-state index contributed by atoms with van der Waals surface area (Å²) in [6, 6.07) is 9.81. The summed E-state index contributed by atoms with van der Waals surface area (Å²) in [4.78, 5) is 31.4. The van der Waals surface area contributed by atoms with Gasteiger partial charge in [0.1, 0.15) is 18.1 Å². The molecular formula is C18H18N2O3S. The molecule has 2 aromatic rings. The van der Waals surface area contributed by atoms with Gasteiger partial charge in [-0.3, -0.25) is 19.5 Å². The van der Waals surface area contributed by atoms with Gasteiger partial charge in [0.25, 0.3) is 0 Å². The second-order valence-corrected chi connectivity index (χ2v) is 6.75. The number of esters is 1. The Bertz CT molecular complexity index is 824. The van der Waals surface area contributed by atoms with Gasteiger partial charge in [0.15, 0.2) is 0 Å². The maximum Gasteiger partial charge on any atom is 0.325 e. The van der Waals surface area contributed by atoms with Gasteiger partial charge in [-0.05, 0) is 19.4 Å². The highest BCUT2D eigenvalue weighted by Gasteiger charge is 2.30. The average molecular weight is 342 g/mol. The zero-order valence-corrected chi connectivity index (χ0v) is 14.6. The van der Waals surface area contributed by atoms with Crippen LogP contribution in [0.15, 0.2) is 35.3 Å². The third-order valence-electron chi connectivity index (χ3n) is 4.08. The van der Waals surface area contributed by atoms with Gasteiger partial charge in [-0.2, -0.15) is 0 Å². The molecular weight excluding hydrogens is 324 g/mol. The largest absolute Gasteiger partial charge is 0.468 e. The van der Waals surface area contributed by atoms with Gasteiger partial charge in [0, 0.05) is 16.0 Å². The lowest BCUT2D eigenvalue weighted by Crippen LogP contribution is -2.37. The third-order valence-corrected chi connectivity index (χ3v) is 5.31. The summed E-state index contributed by atoms with van der Waals surface area (Å²) in [6.07, 6.45) is 0. The van der Waals surface area contributed by atoms with Crippen molar-refractivity contribution in [3.05, 3.63) is 51.9 Å². The van der Waals surface area contributed by atoms with Crippen LogP contribution in [0.4, 0.5) is 5.00 Å². The highest BCUT2D eigenvalue weighted by molar-refractivity contribution is 7.17. The fraction of sp³-hybridized carbons (Fsp3) is 0.278. The van der Waals surface area contributed by atoms with Crippen LogP contribution >= 0.6 is 11.3 Å². The summed E-state index contributed by atoms with van der Waals surface area (Å²) < 4.78 is 4.74. The number of ether oxygens (including phenoxy) is 1. The van der Waals surface area contributed by atoms with E-state index in [0.29, 0.717) is 0 Å². The van der Waals surface area contributed by atoms with Crippen molar-refractivity contribution < 1.29 is 14.3 Å². The highest BCUT2D eigenvalue weighted by Crippen LogP contribution is 2.38. The number of thiophene rings is 1. The number of fused-ring (bicyclic) bond motifs is 1. The van der Waals surface area contributed by atoms with E-state index in [0.717, 1.165) is 32.3 Å². The Morgan fingerprint density at radius 2 is 2.00 bits per heavy atom. The Labute approximate surface area is 144 Å². The molecule has 1 aliphatic heterocycles. The van der Waals surface area contributed by atoms with Crippen molar-refractivity contribution in [1.82, 2.24) is 0 Å². The third kappa shape index (κ3) is 2.85. The summed E-state index contributed by atoms with van der Waals surface area (Å²) >= 11 is 1.51. The lowest BCUT2D eigenvalue weighted by molar-refractivity contribution is -0.139. The van der Waals surface area contributed by atoms with E-state index >= 15 is 0 Å². The summed E-state index contributed by atoms with van der Waals surface area (Å²) in [6.45, 7) is 3.95. The van der Waals surface area contributed by atoms with Crippen molar-refractivity contribution >= 4 is 33.9 Å². The molecule has 0 saturated heterocycles. The van der Waals surface area contributed by atoms with Gasteiger partial charge in [-0.15, -0.1) is 11.3 Å². The minimum absolute atomic E-state index is 0.0150. The Kier molecular flexibility index (Phi) is 4.49. The molecule has 3 rings (SSSR count). The van der Waals surface area contributed by atoms with E-state index < -0.39 is 5.97 Å². The zero-order chi connectivity index (χ0) is 17.3. The van der Waals surface area contributed by atoms with Crippen LogP contribution in [-0.4, -0.2) is 37.8 Å². The maximum absolute atomic E-state index is 12.5. The lowest BCUT2D eigenvalue weighted by Gasteiger charge is -2.19. The number of aryl methyl sites for hydroxylation is 1. The van der Waals surface area contributed by atoms with Crippen molar-refractivity contribution in [3.8, 4) is 0 Å². The molecule has 0 aliphatic carbocycles. The predicted octanol–water partition coefficient (Wildman–Crippen LogP) is 2.72. The van der Waals surface area contributed by atoms with E-state index in [1.54, 1.807) is 0 Å². The minimum atomic E-state index is -0.443. The predicted molar refractivity (Wildman–Crippen MR) is 95.1 cm³/mol. The first kappa shape index (κ1) is 16.4. The zero-order valence-electron chi connectivity index (χ0n) is 13.8. The molecule has 0 N–H and O–H groups in total. The number of aliphatic imine (C=N–C) groups is 1. The quantitative estimate of drug-likeness (QED) is 0.806. The van der Waals surface area contributed by atoms with E-state index in [1.807, 2.05) is 44.2 Å². The molecule has 2 heterocycles. The number of carbonyl (C=O) groups is 2. The molecule has 0 unspecified atom stereocenters. The van der Waals surface area contributed by atoms with Crippen LogP contribution in [0.3, 0.4) is 0 Å². The Morgan fingerprint density at radius 3 is 2.67 bits per heavy atom. The van der Waals surface area contributed by atoms with Crippen LogP contribution in [-0.2, 0) is 14.3 Å². The van der Waals surface area contributed by atoms with Crippen LogP contribution < -0.4 is 4.90 Å². The molecule has 0 saturated carbocycles. The molecule has 0 spiro atoms. The molecule has 1 aromatic heterocycles. The summed E-state index contributed by atoms with van der Waals surface area (Å²) in [5.74, 6) is -0.644. The number of amides is 1. The van der Waals surface area contributed by atoms with Crippen molar-refractivity contribution in [2.75, 3.05) is 25.1 Å². The SMILES string of the molecule is COC(=O)CN1C(=O)CN=C(c2ccccc2)c2c1sc(C)c2C. The van der Waals surface area contributed by atoms with Crippen LogP contribution in [0.2, 0.25) is 0 Å². The number of methoxy groups -OCH3 is 1. The molecule has 0 bridgehead atoms. The highest BCUT2D eigenvalue weighted by atomic mass is 32.1. The van der Waals surface area contributed by atoms with E-state index in [-0.39, 0.29) is 19.0 Å². The van der Waals surface area contributed by atoms with Crippen molar-refractivity contribution in [3.63, 3.8) is 0 Å². The number of carbonyl (C=O) groups excluding carboxylic acids is 2. The first-order valence-electron chi connectivity index (χ1n) is 7.60. The molecule has 1 aromatic carbocycles. The van der Waals surface area contributed by atoms with Gasteiger partial charge in [-0.25, -0.2) is 0 Å². The molecule has 5 nitrogen and oxygen atoms in total. The fourth-order valence-electron chi connectivity index (χ4n) is 2.69. The fourth-order valence-corrected chi connectivity index (χ4v) is 3.86. The molecule has 0 atom stereocenters. The number of rotatable bonds is 3. The summed E-state index contributed by atoms with van der Waals surface area (Å²) in [7, 11) is 1.32. The standard InChI is InChI=1S/C18H18N2O3S/c1-11-12(2)24-18-16(11)17(13-7-5-4-6-8-13)19-9-14(21)20(18)10-15(22)23-3/h4-8H,9-10H2,1-3H3. The number of hydrogen-bond donors (Lipinski definition) is 0. The molecule has 0 radical (unpaired) electrons. The van der Waals surface area contributed by atoms with Crippen LogP contribution in [0.25, 0.3) is 0 Å². The molecule has 0 fully saturated rings. The van der Waals surface area contributed by atoms with E-state index in [1.165, 1.54) is 23.3 Å². The maximum atomic E-state index is 12.5. The Balaban J connectivity index is 2.16. The van der Waals surface area contributed by atoms with Gasteiger partial charge >= 0.3 is 5.97 Å². The van der Waals surface area contributed by atoms with Crippen molar-refractivity contribution in [2.24, 2.45) is 4.99 Å². The lowest BCUT2D eigenvalue weighted by atomic mass is 10.00. The molecule has 124 valence electrons. The molecule has 1 aliphatic rings. The minimum Gasteiger partial charge on any atom is -0.468 e. The molecule has 6 heteroatoms. The van der Waals surface area contributed by atoms with Crippen LogP contribution in [0.1, 0.15) is 21.6 Å². The Morgan fingerprint density at radius 1 is 1.29 bits per heavy atom. The van der Waals surface area contributed by atoms with Crippen LogP contribution in [0, 0.1) is 13.8 Å². The molecule has 24 heavy (non-hydrogen) atoms. The average Bonchev–Trinajstić information content (AvgIpc) is 2.81. The van der Waals surface area contributed by atoms with E-state index in [9.17, 15) is 9.59 Å². The number of anilines is 1. The van der Waals surface area contributed by atoms with E-state index in [4.69, 9.17) is 4.74 Å². The normalized spacial score (nSPS) is 14.0. The van der Waals surface area contributed by atoms with Gasteiger partial charge < -0.3 is 4.74 Å². The second-order valence-electron chi connectivity index (χ2n) is 5.55. The molecule has 1 amide bonds. The topological polar surface area (TPSA) is 59.0 Å². The van der Waals surface area contributed by atoms with Gasteiger partial charge in [0.2, 0.25) is 5.91 Å². The van der Waals surface area contributed by atoms with Gasteiger partial charge in [-0.1, -0.05) is 30.3 Å². The Hall–Kier alpha value is -2.47. The second kappa shape index (κ2) is 6.57. The number of hydrogen-bond acceptors (Lipinski definition) is 5. The van der Waals surface area contributed by atoms with Crippen LogP contribution in [0.5, 0.6) is 0 Å². The smallest absolute Gasteiger partial charge is 0.325 e. The van der Waals surface area contributed by atoms with Crippen molar-refractivity contribution in [2.45, 2.75) is 13.8 Å². The van der Waals surface area contributed by atoms with Crippen molar-refractivity contribution in [1.29, 1.82) is 0 Å². The summed E-state index contributed by atoms with van der Waals surface area (Å²) in [5.41, 5.74) is 3.78. The van der Waals surface area contributed by atoms with Gasteiger partial charge in [0.05, 0.1) is 12.8 Å². The number of benzene rings is 1. The first-order valence-corrected chi connectivity index (χ1v) is 8.42. The monoisotopic (exact) mass is 342 g/mol.